The van der Waals surface area contributed by atoms with Gasteiger partial charge in [-0.15, -0.1) is 0 Å². The molecular weight excluding hydrogens is 359 g/mol. The van der Waals surface area contributed by atoms with Crippen LogP contribution in [0.1, 0.15) is 21.5 Å². The number of rotatable bonds is 5. The first kappa shape index (κ1) is 21.2. The number of nitrogens with two attached hydrogens (primary N) is 1. The predicted molar refractivity (Wildman–Crippen MR) is 95.8 cm³/mol. The molecule has 0 saturated carbocycles. The zero-order chi connectivity index (χ0) is 17.0. The minimum absolute atomic E-state index is 0. The molecule has 0 heterocycles. The number of primary sulfonamides is 1. The maximum absolute atomic E-state index is 12.0. The Morgan fingerprint density at radius 3 is 2.33 bits per heavy atom. The van der Waals surface area contributed by atoms with E-state index in [2.05, 4.69) is 5.32 Å². The third-order valence-electron chi connectivity index (χ3n) is 3.37. The molecule has 2 aromatic rings. The van der Waals surface area contributed by atoms with Gasteiger partial charge in [0, 0.05) is 46.7 Å². The van der Waals surface area contributed by atoms with E-state index >= 15 is 0 Å². The Balaban J connectivity index is 0.00000288. The van der Waals surface area contributed by atoms with E-state index in [4.69, 9.17) is 16.7 Å². The fourth-order valence-corrected chi connectivity index (χ4v) is 2.69. The van der Waals surface area contributed by atoms with E-state index in [1.165, 1.54) is 12.1 Å². The topological polar surface area (TPSA) is 89.3 Å². The summed E-state index contributed by atoms with van der Waals surface area (Å²) in [5, 5.41) is 8.48. The van der Waals surface area contributed by atoms with Crippen molar-refractivity contribution in [3.05, 3.63) is 64.2 Å². The summed E-state index contributed by atoms with van der Waals surface area (Å²) < 4.78 is 22.3. The molecule has 8 heteroatoms. The van der Waals surface area contributed by atoms with Crippen LogP contribution in [0.15, 0.2) is 47.4 Å². The second-order valence-electron chi connectivity index (χ2n) is 5.16. The Morgan fingerprint density at radius 2 is 1.79 bits per heavy atom. The van der Waals surface area contributed by atoms with Crippen molar-refractivity contribution in [1.82, 2.24) is 5.32 Å². The third-order valence-corrected chi connectivity index (χ3v) is 4.72. The molecule has 0 aromatic heterocycles. The molecule has 0 spiro atoms. The van der Waals surface area contributed by atoms with Crippen LogP contribution in [-0.2, 0) is 16.4 Å². The van der Waals surface area contributed by atoms with Crippen LogP contribution < -0.4 is 10.5 Å². The molecule has 123 valence electrons. The molecule has 5 nitrogen and oxygen atoms in total. The summed E-state index contributed by atoms with van der Waals surface area (Å²) >= 11 is 5.93. The largest absolute Gasteiger partial charge is 0.352 e. The molecule has 2 aromatic carbocycles. The average molecular weight is 376 g/mol. The number of carbonyl (C=O) groups is 1. The Labute approximate surface area is 168 Å². The summed E-state index contributed by atoms with van der Waals surface area (Å²) in [7, 11) is -3.68. The molecule has 0 unspecified atom stereocenters. The van der Waals surface area contributed by atoms with Crippen molar-refractivity contribution < 1.29 is 13.2 Å². The van der Waals surface area contributed by atoms with Gasteiger partial charge in [-0.05, 0) is 54.8 Å². The van der Waals surface area contributed by atoms with Gasteiger partial charge in [-0.3, -0.25) is 4.79 Å². The second kappa shape index (κ2) is 8.99. The van der Waals surface area contributed by atoms with E-state index in [0.29, 0.717) is 23.6 Å². The Bertz CT molecular complexity index is 824. The van der Waals surface area contributed by atoms with Gasteiger partial charge in [-0.25, -0.2) is 13.6 Å². The van der Waals surface area contributed by atoms with Crippen LogP contribution in [0.2, 0.25) is 5.02 Å². The van der Waals surface area contributed by atoms with Crippen LogP contribution in [0.4, 0.5) is 0 Å². The summed E-state index contributed by atoms with van der Waals surface area (Å²) in [6.07, 6.45) is 0.587. The van der Waals surface area contributed by atoms with E-state index in [9.17, 15) is 13.2 Å². The zero-order valence-corrected chi connectivity index (χ0v) is 17.1. The minimum Gasteiger partial charge on any atom is -0.352 e. The molecule has 1 amide bonds. The maximum atomic E-state index is 12.0. The fourth-order valence-electron chi connectivity index (χ4n) is 2.05. The summed E-state index contributed by atoms with van der Waals surface area (Å²) in [5.41, 5.74) is 2.30. The normalized spacial score (nSPS) is 10.8. The third kappa shape index (κ3) is 5.88. The zero-order valence-electron chi connectivity index (χ0n) is 13.5. The van der Waals surface area contributed by atoms with Crippen molar-refractivity contribution >= 4 is 57.1 Å². The quantitative estimate of drug-likeness (QED) is 0.782. The molecule has 2 rings (SSSR count). The molecule has 0 aliphatic heterocycles. The first-order valence-electron chi connectivity index (χ1n) is 6.93. The van der Waals surface area contributed by atoms with Crippen LogP contribution in [0.25, 0.3) is 0 Å². The number of amides is 1. The number of sulfonamides is 1. The standard InChI is InChI=1S/C16H17ClN2O3S.Na/c1-11-10-13(4-7-15(11)17)16(20)19-9-8-12-2-5-14(6-3-12)23(18,21)22;/h2-7,10H,8-9H2,1H3,(H,19,20)(H2,18,21,22);. The SMILES string of the molecule is Cc1cc(C(=O)NCCc2ccc(S(N)(=O)=O)cc2)ccc1Cl.[Na]. The number of carbonyl (C=O) groups excluding carboxylic acids is 1. The molecule has 0 aliphatic carbocycles. The van der Waals surface area contributed by atoms with E-state index in [1.54, 1.807) is 30.3 Å². The van der Waals surface area contributed by atoms with Crippen molar-refractivity contribution in [3.8, 4) is 0 Å². The Morgan fingerprint density at radius 1 is 1.17 bits per heavy atom. The molecule has 0 saturated heterocycles. The first-order chi connectivity index (χ1) is 10.8. The number of benzene rings is 2. The monoisotopic (exact) mass is 375 g/mol. The van der Waals surface area contributed by atoms with E-state index in [-0.39, 0.29) is 40.4 Å². The molecule has 1 radical (unpaired) electrons. The van der Waals surface area contributed by atoms with Gasteiger partial charge in [0.2, 0.25) is 10.0 Å². The van der Waals surface area contributed by atoms with E-state index in [1.807, 2.05) is 6.92 Å². The molecule has 0 fully saturated rings. The average Bonchev–Trinajstić information content (AvgIpc) is 2.49. The van der Waals surface area contributed by atoms with Gasteiger partial charge >= 0.3 is 0 Å². The molecule has 24 heavy (non-hydrogen) atoms. The van der Waals surface area contributed by atoms with Crippen LogP contribution in [0, 0.1) is 6.92 Å². The van der Waals surface area contributed by atoms with Gasteiger partial charge in [0.15, 0.2) is 0 Å². The smallest absolute Gasteiger partial charge is 0.251 e. The Kier molecular flexibility index (Phi) is 7.92. The van der Waals surface area contributed by atoms with Crippen molar-refractivity contribution in [3.63, 3.8) is 0 Å². The summed E-state index contributed by atoms with van der Waals surface area (Å²) in [5.74, 6) is -0.175. The number of hydrogen-bond donors (Lipinski definition) is 2. The summed E-state index contributed by atoms with van der Waals surface area (Å²) in [4.78, 5) is 12.1. The molecule has 3 N–H and O–H groups in total. The number of hydrogen-bond acceptors (Lipinski definition) is 3. The van der Waals surface area contributed by atoms with Gasteiger partial charge in [0.25, 0.3) is 5.91 Å². The van der Waals surface area contributed by atoms with Gasteiger partial charge in [-0.1, -0.05) is 23.7 Å². The van der Waals surface area contributed by atoms with Gasteiger partial charge in [0.1, 0.15) is 0 Å². The fraction of sp³-hybridized carbons (Fsp3) is 0.188. The molecule has 0 bridgehead atoms. The molecule has 0 atom stereocenters. The van der Waals surface area contributed by atoms with E-state index in [0.717, 1.165) is 11.1 Å². The summed E-state index contributed by atoms with van der Waals surface area (Å²) in [6, 6.07) is 11.4. The molecular formula is C16H17ClN2NaO3S. The summed E-state index contributed by atoms with van der Waals surface area (Å²) in [6.45, 7) is 2.28. The number of halogens is 1. The predicted octanol–water partition coefficient (Wildman–Crippen LogP) is 1.89. The van der Waals surface area contributed by atoms with Crippen LogP contribution >= 0.6 is 11.6 Å². The maximum Gasteiger partial charge on any atom is 0.251 e. The van der Waals surface area contributed by atoms with Gasteiger partial charge in [0.05, 0.1) is 4.90 Å². The van der Waals surface area contributed by atoms with Gasteiger partial charge in [-0.2, -0.15) is 0 Å². The van der Waals surface area contributed by atoms with Crippen molar-refractivity contribution in [1.29, 1.82) is 0 Å². The van der Waals surface area contributed by atoms with Crippen molar-refractivity contribution in [2.75, 3.05) is 6.54 Å². The van der Waals surface area contributed by atoms with Crippen molar-refractivity contribution in [2.24, 2.45) is 5.14 Å². The second-order valence-corrected chi connectivity index (χ2v) is 7.13. The van der Waals surface area contributed by atoms with Crippen LogP contribution in [0.5, 0.6) is 0 Å². The first-order valence-corrected chi connectivity index (χ1v) is 8.86. The van der Waals surface area contributed by atoms with E-state index < -0.39 is 10.0 Å². The van der Waals surface area contributed by atoms with Crippen LogP contribution in [0.3, 0.4) is 0 Å². The van der Waals surface area contributed by atoms with Crippen LogP contribution in [-0.4, -0.2) is 50.4 Å². The molecule has 0 aliphatic rings. The Hall–Kier alpha value is -0.890. The number of aryl methyl sites for hydroxylation is 1. The minimum atomic E-state index is -3.68. The van der Waals surface area contributed by atoms with Gasteiger partial charge < -0.3 is 5.32 Å². The van der Waals surface area contributed by atoms with Crippen molar-refractivity contribution in [2.45, 2.75) is 18.2 Å². The number of nitrogens with one attached hydrogen (secondary N) is 1.